The first-order valence-electron chi connectivity index (χ1n) is 12.5. The van der Waals surface area contributed by atoms with Crippen molar-refractivity contribution in [1.82, 2.24) is 4.57 Å². The Labute approximate surface area is 243 Å². The Morgan fingerprint density at radius 3 is 2.62 bits per heavy atom. The van der Waals surface area contributed by atoms with Crippen LogP contribution in [0.3, 0.4) is 0 Å². The highest BCUT2D eigenvalue weighted by atomic mass is 79.9. The van der Waals surface area contributed by atoms with Gasteiger partial charge in [-0.05, 0) is 62.2 Å². The molecule has 2 aromatic carbocycles. The third-order valence-corrected chi connectivity index (χ3v) is 7.71. The zero-order valence-electron chi connectivity index (χ0n) is 22.5. The second-order valence-corrected chi connectivity index (χ2v) is 10.5. The van der Waals surface area contributed by atoms with Gasteiger partial charge in [0, 0.05) is 4.47 Å². The van der Waals surface area contributed by atoms with Crippen molar-refractivity contribution in [1.29, 1.82) is 0 Å². The molecule has 1 aliphatic rings. The smallest absolute Gasteiger partial charge is 0.338 e. The van der Waals surface area contributed by atoms with Gasteiger partial charge in [0.15, 0.2) is 27.8 Å². The van der Waals surface area contributed by atoms with Crippen LogP contribution in [0, 0.1) is 0 Å². The fraction of sp³-hybridized carbons (Fsp3) is 0.276. The molecule has 1 N–H and O–H groups in total. The van der Waals surface area contributed by atoms with E-state index in [0.717, 1.165) is 0 Å². The van der Waals surface area contributed by atoms with E-state index in [4.69, 9.17) is 18.9 Å². The fourth-order valence-corrected chi connectivity index (χ4v) is 5.80. The Hall–Kier alpha value is -3.83. The van der Waals surface area contributed by atoms with Gasteiger partial charge in [-0.2, -0.15) is 0 Å². The van der Waals surface area contributed by atoms with Crippen LogP contribution < -0.4 is 29.1 Å². The largest absolute Gasteiger partial charge is 0.504 e. The molecule has 0 unspecified atom stereocenters. The van der Waals surface area contributed by atoms with E-state index < -0.39 is 12.0 Å². The summed E-state index contributed by atoms with van der Waals surface area (Å²) in [6.45, 7) is 9.84. The molecule has 0 spiro atoms. The number of thiazole rings is 1. The number of rotatable bonds is 10. The second kappa shape index (κ2) is 12.6. The lowest BCUT2D eigenvalue weighted by atomic mass is 9.95. The molecule has 0 saturated carbocycles. The van der Waals surface area contributed by atoms with Crippen molar-refractivity contribution >= 4 is 39.3 Å². The number of ether oxygens (including phenoxy) is 4. The first-order chi connectivity index (χ1) is 19.2. The molecule has 0 radical (unpaired) electrons. The average Bonchev–Trinajstić information content (AvgIpc) is 3.23. The number of methoxy groups -OCH3 is 1. The molecule has 0 bridgehead atoms. The summed E-state index contributed by atoms with van der Waals surface area (Å²) in [5.41, 5.74) is 1.63. The summed E-state index contributed by atoms with van der Waals surface area (Å²) in [6.07, 6.45) is 3.32. The van der Waals surface area contributed by atoms with Crippen molar-refractivity contribution in [2.75, 3.05) is 26.9 Å². The summed E-state index contributed by atoms with van der Waals surface area (Å²) >= 11 is 4.63. The number of nitrogens with zero attached hydrogens (tertiary/aromatic N) is 2. The molecule has 9 nitrogen and oxygen atoms in total. The monoisotopic (exact) mass is 628 g/mol. The molecule has 0 fully saturated rings. The van der Waals surface area contributed by atoms with Crippen molar-refractivity contribution in [3.05, 3.63) is 89.5 Å². The lowest BCUT2D eigenvalue weighted by Gasteiger charge is -2.25. The standard InChI is InChI=1S/C29H29BrN2O7S/c1-6-11-39-21-10-9-17(12-23(21)37-7-2)26-25(28(35)38-8-3)16(4)31-29-32(26)27(34)24(40-29)14-18-13-22(36-5)20(33)15-19(18)30/h6,9-10,12-15,26,33H,1,7-8,11H2,2-5H3/b24-14+/t26-/m0/s1. The summed E-state index contributed by atoms with van der Waals surface area (Å²) in [4.78, 5) is 32.2. The summed E-state index contributed by atoms with van der Waals surface area (Å²) in [5.74, 6) is 0.666. The minimum Gasteiger partial charge on any atom is -0.504 e. The Morgan fingerprint density at radius 2 is 1.95 bits per heavy atom. The SMILES string of the molecule is C=CCOc1ccc([C@H]2C(C(=O)OCC)=C(C)N=c3s/c(=C/c4cc(OC)c(O)cc4Br)c(=O)n32)cc1OCC. The van der Waals surface area contributed by atoms with Crippen LogP contribution in [-0.2, 0) is 9.53 Å². The Bertz CT molecular complexity index is 1670. The maximum absolute atomic E-state index is 13.9. The summed E-state index contributed by atoms with van der Waals surface area (Å²) in [7, 11) is 1.45. The molecule has 0 amide bonds. The molecule has 11 heteroatoms. The minimum atomic E-state index is -0.817. The van der Waals surface area contributed by atoms with Crippen molar-refractivity contribution in [3.8, 4) is 23.0 Å². The van der Waals surface area contributed by atoms with Crippen LogP contribution in [0.15, 0.2) is 68.5 Å². The summed E-state index contributed by atoms with van der Waals surface area (Å²) in [5, 5.41) is 10.1. The Balaban J connectivity index is 1.96. The van der Waals surface area contributed by atoms with Gasteiger partial charge in [-0.3, -0.25) is 9.36 Å². The first kappa shape index (κ1) is 29.2. The maximum Gasteiger partial charge on any atom is 0.338 e. The third-order valence-electron chi connectivity index (χ3n) is 6.04. The van der Waals surface area contributed by atoms with E-state index in [1.165, 1.54) is 29.1 Å². The van der Waals surface area contributed by atoms with Crippen LogP contribution in [0.4, 0.5) is 0 Å². The van der Waals surface area contributed by atoms with Gasteiger partial charge in [0.2, 0.25) is 0 Å². The fourth-order valence-electron chi connectivity index (χ4n) is 4.31. The highest BCUT2D eigenvalue weighted by Crippen LogP contribution is 2.37. The number of hydrogen-bond acceptors (Lipinski definition) is 9. The van der Waals surface area contributed by atoms with Gasteiger partial charge in [0.1, 0.15) is 6.61 Å². The number of carbonyl (C=O) groups is 1. The van der Waals surface area contributed by atoms with E-state index in [1.807, 2.05) is 6.92 Å². The number of aromatic hydroxyl groups is 1. The Kier molecular flexibility index (Phi) is 9.16. The molecule has 3 aromatic rings. The lowest BCUT2D eigenvalue weighted by molar-refractivity contribution is -0.139. The van der Waals surface area contributed by atoms with E-state index in [0.29, 0.717) is 55.3 Å². The predicted molar refractivity (Wildman–Crippen MR) is 156 cm³/mol. The number of carbonyl (C=O) groups excluding carboxylic acids is 1. The van der Waals surface area contributed by atoms with Gasteiger partial charge >= 0.3 is 5.97 Å². The van der Waals surface area contributed by atoms with Crippen molar-refractivity contribution in [3.63, 3.8) is 0 Å². The molecular weight excluding hydrogens is 600 g/mol. The maximum atomic E-state index is 13.9. The first-order valence-corrected chi connectivity index (χ1v) is 14.1. The topological polar surface area (TPSA) is 109 Å². The molecule has 210 valence electrons. The molecule has 0 saturated heterocycles. The number of phenolic OH excluding ortho intramolecular Hbond substituents is 1. The number of hydrogen-bond donors (Lipinski definition) is 1. The molecule has 1 atom stereocenters. The van der Waals surface area contributed by atoms with Gasteiger partial charge in [-0.1, -0.05) is 46.0 Å². The highest BCUT2D eigenvalue weighted by molar-refractivity contribution is 9.10. The zero-order valence-corrected chi connectivity index (χ0v) is 24.9. The van der Waals surface area contributed by atoms with E-state index in [-0.39, 0.29) is 29.2 Å². The average molecular weight is 630 g/mol. The quantitative estimate of drug-likeness (QED) is 0.264. The van der Waals surface area contributed by atoms with Gasteiger partial charge in [0.05, 0.1) is 42.2 Å². The van der Waals surface area contributed by atoms with Gasteiger partial charge < -0.3 is 24.1 Å². The van der Waals surface area contributed by atoms with Crippen molar-refractivity contribution in [2.24, 2.45) is 4.99 Å². The summed E-state index contributed by atoms with van der Waals surface area (Å²) < 4.78 is 24.7. The van der Waals surface area contributed by atoms with E-state index in [9.17, 15) is 14.7 Å². The number of aromatic nitrogens is 1. The second-order valence-electron chi connectivity index (χ2n) is 8.59. The van der Waals surface area contributed by atoms with E-state index >= 15 is 0 Å². The number of halogens is 1. The van der Waals surface area contributed by atoms with E-state index in [1.54, 1.807) is 50.3 Å². The van der Waals surface area contributed by atoms with E-state index in [2.05, 4.69) is 27.5 Å². The van der Waals surface area contributed by atoms with Crippen molar-refractivity contribution < 1.29 is 28.8 Å². The molecular formula is C29H29BrN2O7S. The molecule has 40 heavy (non-hydrogen) atoms. The predicted octanol–water partition coefficient (Wildman–Crippen LogP) is 4.24. The van der Waals surface area contributed by atoms with Crippen LogP contribution in [0.2, 0.25) is 0 Å². The van der Waals surface area contributed by atoms with Crippen LogP contribution in [0.5, 0.6) is 23.0 Å². The number of benzene rings is 2. The number of allylic oxidation sites excluding steroid dienone is 1. The molecule has 2 heterocycles. The number of fused-ring (bicyclic) bond motifs is 1. The normalized spacial score (nSPS) is 14.8. The molecule has 1 aromatic heterocycles. The van der Waals surface area contributed by atoms with Gasteiger partial charge in [0.25, 0.3) is 5.56 Å². The zero-order chi connectivity index (χ0) is 29.0. The van der Waals surface area contributed by atoms with Crippen LogP contribution in [0.25, 0.3) is 6.08 Å². The number of phenols is 1. The Morgan fingerprint density at radius 1 is 1.18 bits per heavy atom. The third kappa shape index (κ3) is 5.71. The lowest BCUT2D eigenvalue weighted by Crippen LogP contribution is -2.40. The van der Waals surface area contributed by atoms with Crippen LogP contribution >= 0.6 is 27.3 Å². The van der Waals surface area contributed by atoms with Crippen LogP contribution in [-0.4, -0.2) is 42.6 Å². The minimum absolute atomic E-state index is 0.0340. The molecule has 4 rings (SSSR count). The van der Waals surface area contributed by atoms with Gasteiger partial charge in [-0.25, -0.2) is 9.79 Å². The van der Waals surface area contributed by atoms with Crippen molar-refractivity contribution in [2.45, 2.75) is 26.8 Å². The highest BCUT2D eigenvalue weighted by Gasteiger charge is 2.34. The number of esters is 1. The summed E-state index contributed by atoms with van der Waals surface area (Å²) in [6, 6.07) is 7.62. The van der Waals surface area contributed by atoms with Crippen LogP contribution in [0.1, 0.15) is 37.9 Å². The molecule has 1 aliphatic heterocycles. The van der Waals surface area contributed by atoms with Gasteiger partial charge in [-0.15, -0.1) is 0 Å². The molecule has 0 aliphatic carbocycles.